The minimum atomic E-state index is -2.27. The van der Waals surface area contributed by atoms with Crippen molar-refractivity contribution < 1.29 is 14.7 Å². The first-order chi connectivity index (χ1) is 10.3. The highest BCUT2D eigenvalue weighted by Crippen LogP contribution is 2.37. The molecule has 0 amide bonds. The Kier molecular flexibility index (Phi) is 3.32. The molecule has 0 aliphatic heterocycles. The van der Waals surface area contributed by atoms with Crippen LogP contribution < -0.4 is 4.43 Å². The number of ketones is 1. The summed E-state index contributed by atoms with van der Waals surface area (Å²) >= 11 is 0. The van der Waals surface area contributed by atoms with Crippen LogP contribution in [0.3, 0.4) is 0 Å². The van der Waals surface area contributed by atoms with E-state index in [2.05, 4.69) is 20.8 Å². The second kappa shape index (κ2) is 5.91. The Balaban J connectivity index is 3.35. The van der Waals surface area contributed by atoms with Crippen LogP contribution in [0.5, 0.6) is 5.75 Å². The molecule has 0 saturated carbocycles. The number of benzene rings is 1. The molecule has 3 heteroatoms. The Morgan fingerprint density at radius 2 is 1.79 bits per heavy atom. The lowest BCUT2D eigenvalue weighted by Gasteiger charge is -2.36. The predicted octanol–water partition coefficient (Wildman–Crippen LogP) is 4.59. The molecule has 106 valence electrons. The molecule has 0 radical (unpaired) electrons. The Morgan fingerprint density at radius 1 is 1.26 bits per heavy atom. The van der Waals surface area contributed by atoms with Gasteiger partial charge in [-0.15, -0.1) is 0 Å². The zero-order chi connectivity index (χ0) is 18.2. The van der Waals surface area contributed by atoms with Gasteiger partial charge in [0.15, 0.2) is 0 Å². The fourth-order valence-corrected chi connectivity index (χ4v) is 2.13. The molecule has 0 N–H and O–H groups in total. The quantitative estimate of drug-likeness (QED) is 0.738. The summed E-state index contributed by atoms with van der Waals surface area (Å²) in [6.07, 6.45) is 0.421. The van der Waals surface area contributed by atoms with Crippen LogP contribution in [0, 0.1) is 0 Å². The normalized spacial score (nSPS) is 15.3. The largest absolute Gasteiger partial charge is 0.544 e. The summed E-state index contributed by atoms with van der Waals surface area (Å²) in [5.41, 5.74) is 0.276. The summed E-state index contributed by atoms with van der Waals surface area (Å²) in [5, 5.41) is -0.108. The third-order valence-corrected chi connectivity index (χ3v) is 7.87. The highest BCUT2D eigenvalue weighted by atomic mass is 28.4. The summed E-state index contributed by atoms with van der Waals surface area (Å²) < 4.78 is 38.6. The molecule has 0 spiro atoms. The topological polar surface area (TPSA) is 26.3 Å². The summed E-state index contributed by atoms with van der Waals surface area (Å²) in [5.74, 6) is -0.0124. The SMILES string of the molecule is [2H]c1c([2H])c(O[Si](C)(C)C(C)(C)C)c([2H])c([2H])c1CCC(C)=O. The maximum Gasteiger partial charge on any atom is 0.250 e. The first kappa shape index (κ1) is 10.7. The molecule has 1 aromatic carbocycles. The van der Waals surface area contributed by atoms with E-state index in [4.69, 9.17) is 9.91 Å². The lowest BCUT2D eigenvalue weighted by molar-refractivity contribution is -0.116. The van der Waals surface area contributed by atoms with Gasteiger partial charge in [0.2, 0.25) is 8.32 Å². The van der Waals surface area contributed by atoms with Crippen molar-refractivity contribution in [2.75, 3.05) is 0 Å². The number of hydrogen-bond acceptors (Lipinski definition) is 2. The third kappa shape index (κ3) is 4.82. The van der Waals surface area contributed by atoms with Gasteiger partial charge >= 0.3 is 0 Å². The summed E-state index contributed by atoms with van der Waals surface area (Å²) in [4.78, 5) is 11.1. The Bertz CT molecular complexity index is 592. The van der Waals surface area contributed by atoms with Crippen molar-refractivity contribution in [1.82, 2.24) is 0 Å². The van der Waals surface area contributed by atoms with Crippen LogP contribution in [0.1, 0.15) is 45.2 Å². The van der Waals surface area contributed by atoms with E-state index in [-0.39, 0.29) is 59.1 Å². The lowest BCUT2D eigenvalue weighted by Crippen LogP contribution is -2.43. The van der Waals surface area contributed by atoms with E-state index in [1.54, 1.807) is 0 Å². The molecule has 1 rings (SSSR count). The van der Waals surface area contributed by atoms with E-state index in [0.29, 0.717) is 0 Å². The summed E-state index contributed by atoms with van der Waals surface area (Å²) in [7, 11) is -2.27. The molecule has 0 bridgehead atoms. The van der Waals surface area contributed by atoms with Gasteiger partial charge in [0.05, 0.1) is 5.48 Å². The summed E-state index contributed by atoms with van der Waals surface area (Å²) in [6, 6.07) is -0.536. The van der Waals surface area contributed by atoms with Gasteiger partial charge in [-0.05, 0) is 49.1 Å². The Hall–Kier alpha value is -1.09. The zero-order valence-corrected chi connectivity index (χ0v) is 13.7. The van der Waals surface area contributed by atoms with Crippen LogP contribution in [-0.2, 0) is 11.2 Å². The van der Waals surface area contributed by atoms with Crippen molar-refractivity contribution in [2.24, 2.45) is 0 Å². The van der Waals surface area contributed by atoms with Gasteiger partial charge in [0.1, 0.15) is 11.5 Å². The maximum atomic E-state index is 11.1. The predicted molar refractivity (Wildman–Crippen MR) is 83.3 cm³/mol. The fourth-order valence-electron chi connectivity index (χ4n) is 1.21. The minimum absolute atomic E-state index is 0.0261. The van der Waals surface area contributed by atoms with Crippen LogP contribution in [0.4, 0.5) is 0 Å². The van der Waals surface area contributed by atoms with Crippen LogP contribution in [-0.4, -0.2) is 14.1 Å². The van der Waals surface area contributed by atoms with Crippen molar-refractivity contribution in [2.45, 2.75) is 58.7 Å². The van der Waals surface area contributed by atoms with Crippen molar-refractivity contribution >= 4 is 14.1 Å². The summed E-state index contributed by atoms with van der Waals surface area (Å²) in [6.45, 7) is 11.6. The van der Waals surface area contributed by atoms with Crippen molar-refractivity contribution in [1.29, 1.82) is 0 Å². The molecule has 0 saturated heterocycles. The highest BCUT2D eigenvalue weighted by molar-refractivity contribution is 6.74. The molecule has 0 aliphatic rings. The van der Waals surface area contributed by atoms with E-state index in [1.807, 2.05) is 13.1 Å². The van der Waals surface area contributed by atoms with Gasteiger partial charge in [0, 0.05) is 6.42 Å². The van der Waals surface area contributed by atoms with E-state index < -0.39 is 8.32 Å². The zero-order valence-electron chi connectivity index (χ0n) is 16.7. The Labute approximate surface area is 123 Å². The van der Waals surface area contributed by atoms with Gasteiger partial charge in [-0.25, -0.2) is 0 Å². The number of rotatable bonds is 5. The van der Waals surface area contributed by atoms with E-state index in [0.717, 1.165) is 0 Å². The molecule has 0 aliphatic carbocycles. The molecule has 2 nitrogen and oxygen atoms in total. The molecular weight excluding hydrogens is 252 g/mol. The van der Waals surface area contributed by atoms with Crippen LogP contribution in [0.15, 0.2) is 24.2 Å². The standard InChI is InChI=1S/C16H26O2Si/c1-13(17)7-8-14-9-11-15(12-10-14)18-19(5,6)16(2,3)4/h9-12H,7-8H2,1-6H3/i9D,10D,11D,12D. The molecule has 0 unspecified atom stereocenters. The van der Waals surface area contributed by atoms with E-state index >= 15 is 0 Å². The first-order valence-corrected chi connectivity index (χ1v) is 9.48. The average molecular weight is 282 g/mol. The van der Waals surface area contributed by atoms with Gasteiger partial charge in [-0.1, -0.05) is 32.9 Å². The monoisotopic (exact) mass is 282 g/mol. The fraction of sp³-hybridized carbons (Fsp3) is 0.562. The highest BCUT2D eigenvalue weighted by Gasteiger charge is 2.38. The number of hydrogen-bond donors (Lipinski definition) is 0. The van der Waals surface area contributed by atoms with Crippen molar-refractivity contribution in [3.63, 3.8) is 0 Å². The van der Waals surface area contributed by atoms with Crippen molar-refractivity contribution in [3.8, 4) is 5.75 Å². The van der Waals surface area contributed by atoms with E-state index in [1.165, 1.54) is 6.92 Å². The van der Waals surface area contributed by atoms with Crippen LogP contribution in [0.25, 0.3) is 0 Å². The van der Waals surface area contributed by atoms with Gasteiger partial charge in [0.25, 0.3) is 0 Å². The molecular formula is C16H26O2Si. The lowest BCUT2D eigenvalue weighted by atomic mass is 10.1. The molecule has 0 fully saturated rings. The van der Waals surface area contributed by atoms with E-state index in [9.17, 15) is 4.79 Å². The maximum absolute atomic E-state index is 11.1. The minimum Gasteiger partial charge on any atom is -0.544 e. The smallest absolute Gasteiger partial charge is 0.250 e. The van der Waals surface area contributed by atoms with Gasteiger partial charge < -0.3 is 9.22 Å². The van der Waals surface area contributed by atoms with Crippen molar-refractivity contribution in [3.05, 3.63) is 29.7 Å². The number of carbonyl (C=O) groups is 1. The molecule has 0 aromatic heterocycles. The van der Waals surface area contributed by atoms with Crippen LogP contribution in [0.2, 0.25) is 18.1 Å². The first-order valence-electron chi connectivity index (χ1n) is 8.57. The molecule has 1 aromatic rings. The average Bonchev–Trinajstić information content (AvgIpc) is 2.40. The number of carbonyl (C=O) groups excluding carboxylic acids is 1. The van der Waals surface area contributed by atoms with Crippen LogP contribution >= 0.6 is 0 Å². The molecule has 0 atom stereocenters. The van der Waals surface area contributed by atoms with Gasteiger partial charge in [-0.2, -0.15) is 0 Å². The number of Topliss-reactive ketones (excluding diaryl/α,β-unsaturated/α-hetero) is 1. The second-order valence-electron chi connectivity index (χ2n) is 6.37. The Morgan fingerprint density at radius 3 is 2.21 bits per heavy atom. The van der Waals surface area contributed by atoms with Gasteiger partial charge in [-0.3, -0.25) is 0 Å². The molecule has 0 heterocycles. The molecule has 19 heavy (non-hydrogen) atoms. The third-order valence-electron chi connectivity index (χ3n) is 3.54. The second-order valence-corrected chi connectivity index (χ2v) is 11.1.